The highest BCUT2D eigenvalue weighted by Gasteiger charge is 2.12. The maximum Gasteiger partial charge on any atom is -0.0105 e. The maximum absolute atomic E-state index is 2.36. The largest absolute Gasteiger partial charge is 0.0622 e. The second-order valence-electron chi connectivity index (χ2n) is 12.7. The minimum Gasteiger partial charge on any atom is -0.0622 e. The number of fused-ring (bicyclic) bond motifs is 6. The first-order valence-electron chi connectivity index (χ1n) is 16.3. The van der Waals surface area contributed by atoms with Crippen molar-refractivity contribution < 1.29 is 0 Å². The summed E-state index contributed by atoms with van der Waals surface area (Å²) in [7, 11) is 0. The third-order valence-electron chi connectivity index (χ3n) is 9.61. The van der Waals surface area contributed by atoms with Gasteiger partial charge in [-0.15, -0.1) is 0 Å². The topological polar surface area (TPSA) is 0 Å². The first-order valence-corrected chi connectivity index (χ1v) is 16.3. The van der Waals surface area contributed by atoms with Gasteiger partial charge in [0, 0.05) is 0 Å². The van der Waals surface area contributed by atoms with Crippen molar-refractivity contribution in [2.75, 3.05) is 0 Å². The Balaban J connectivity index is 1.24. The van der Waals surface area contributed by atoms with E-state index in [-0.39, 0.29) is 0 Å². The lowest BCUT2D eigenvalue weighted by atomic mass is 9.89. The molecule has 47 heavy (non-hydrogen) atoms. The Bertz CT molecular complexity index is 2490. The highest BCUT2D eigenvalue weighted by molar-refractivity contribution is 6.09. The number of hydrogen-bond acceptors (Lipinski definition) is 0. The van der Waals surface area contributed by atoms with Crippen LogP contribution in [0, 0.1) is 6.92 Å². The van der Waals surface area contributed by atoms with Crippen molar-refractivity contribution in [2.45, 2.75) is 6.92 Å². The molecule has 0 radical (unpaired) electrons. The zero-order chi connectivity index (χ0) is 31.3. The van der Waals surface area contributed by atoms with Crippen molar-refractivity contribution in [1.29, 1.82) is 0 Å². The molecule has 0 nitrogen and oxygen atoms in total. The first-order chi connectivity index (χ1) is 23.2. The average Bonchev–Trinajstić information content (AvgIpc) is 3.14. The van der Waals surface area contributed by atoms with Crippen LogP contribution in [0.1, 0.15) is 5.56 Å². The summed E-state index contributed by atoms with van der Waals surface area (Å²) in [6.45, 7) is 2.20. The number of aryl methyl sites for hydroxylation is 1. The van der Waals surface area contributed by atoms with E-state index in [1.807, 2.05) is 0 Å². The van der Waals surface area contributed by atoms with Gasteiger partial charge in [0.1, 0.15) is 0 Å². The van der Waals surface area contributed by atoms with Crippen molar-refractivity contribution in [3.05, 3.63) is 181 Å². The molecule has 0 N–H and O–H groups in total. The van der Waals surface area contributed by atoms with E-state index < -0.39 is 0 Å². The van der Waals surface area contributed by atoms with Crippen LogP contribution in [0.3, 0.4) is 0 Å². The number of hydrogen-bond donors (Lipinski definition) is 0. The van der Waals surface area contributed by atoms with Gasteiger partial charge < -0.3 is 0 Å². The normalized spacial score (nSPS) is 11.5. The summed E-state index contributed by atoms with van der Waals surface area (Å²) in [6.07, 6.45) is 0. The molecule has 0 aromatic heterocycles. The Morgan fingerprint density at radius 2 is 0.617 bits per heavy atom. The molecular weight excluding hydrogens is 565 g/mol. The Kier molecular flexibility index (Phi) is 6.47. The van der Waals surface area contributed by atoms with Gasteiger partial charge in [0.2, 0.25) is 0 Å². The predicted molar refractivity (Wildman–Crippen MR) is 203 cm³/mol. The Morgan fingerprint density at radius 3 is 1.15 bits per heavy atom. The monoisotopic (exact) mass is 596 g/mol. The fourth-order valence-electron chi connectivity index (χ4n) is 7.26. The average molecular weight is 597 g/mol. The fraction of sp³-hybridized carbons (Fsp3) is 0.0213. The van der Waals surface area contributed by atoms with E-state index >= 15 is 0 Å². The van der Waals surface area contributed by atoms with Crippen LogP contribution in [0.4, 0.5) is 0 Å². The Hall–Kier alpha value is -5.98. The van der Waals surface area contributed by atoms with Gasteiger partial charge >= 0.3 is 0 Å². The van der Waals surface area contributed by atoms with Crippen LogP contribution in [-0.2, 0) is 0 Å². The summed E-state index contributed by atoms with van der Waals surface area (Å²) in [5, 5.41) is 10.2. The second kappa shape index (κ2) is 11.1. The van der Waals surface area contributed by atoms with Crippen molar-refractivity contribution in [3.8, 4) is 44.5 Å². The smallest absolute Gasteiger partial charge is 0.0105 e. The summed E-state index contributed by atoms with van der Waals surface area (Å²) in [4.78, 5) is 0. The summed E-state index contributed by atoms with van der Waals surface area (Å²) in [6, 6.07) is 64.9. The second-order valence-corrected chi connectivity index (χ2v) is 12.7. The number of benzene rings is 9. The SMILES string of the molecule is Cc1cc(-c2ccccc2)cc(-c2cc(-c3ccc4c(ccc5ccccc54)c3)cc(-c3ccc4c(ccc5ccccc54)c3)c2)c1. The Labute approximate surface area is 275 Å². The molecule has 0 atom stereocenters. The quantitative estimate of drug-likeness (QED) is 0.177. The highest BCUT2D eigenvalue weighted by atomic mass is 14.2. The lowest BCUT2D eigenvalue weighted by Crippen LogP contribution is -1.89. The summed E-state index contributed by atoms with van der Waals surface area (Å²) >= 11 is 0. The molecule has 0 fully saturated rings. The summed E-state index contributed by atoms with van der Waals surface area (Å²) in [5.74, 6) is 0. The molecule has 0 amide bonds. The molecule has 0 unspecified atom stereocenters. The molecule has 9 rings (SSSR count). The molecule has 0 heterocycles. The minimum absolute atomic E-state index is 1.22. The van der Waals surface area contributed by atoms with Gasteiger partial charge in [-0.1, -0.05) is 140 Å². The first kappa shape index (κ1) is 27.3. The maximum atomic E-state index is 2.36. The standard InChI is InChI=1S/C47H32/c1-31-23-39(32-9-3-2-4-10-32)27-40(24-31)43-29-41(35-19-21-46-37(25-35)17-15-33-11-5-7-13-44(33)46)28-42(30-43)36-20-22-47-38(26-36)18-16-34-12-6-8-14-45(34)47/h2-30H,1H3. The molecule has 0 aliphatic rings. The predicted octanol–water partition coefficient (Wildman–Crippen LogP) is 13.3. The lowest BCUT2D eigenvalue weighted by molar-refractivity contribution is 1.46. The molecule has 0 saturated heterocycles. The molecule has 0 aliphatic carbocycles. The van der Waals surface area contributed by atoms with Gasteiger partial charge in [0.15, 0.2) is 0 Å². The van der Waals surface area contributed by atoms with E-state index in [4.69, 9.17) is 0 Å². The van der Waals surface area contributed by atoms with E-state index in [2.05, 4.69) is 183 Å². The van der Waals surface area contributed by atoms with Crippen molar-refractivity contribution in [2.24, 2.45) is 0 Å². The van der Waals surface area contributed by atoms with Gasteiger partial charge in [-0.25, -0.2) is 0 Å². The molecule has 0 bridgehead atoms. The lowest BCUT2D eigenvalue weighted by Gasteiger charge is -2.15. The Morgan fingerprint density at radius 1 is 0.234 bits per heavy atom. The van der Waals surface area contributed by atoms with Crippen LogP contribution in [0.15, 0.2) is 176 Å². The highest BCUT2D eigenvalue weighted by Crippen LogP contribution is 2.38. The van der Waals surface area contributed by atoms with E-state index in [9.17, 15) is 0 Å². The molecule has 0 heteroatoms. The summed E-state index contributed by atoms with van der Waals surface area (Å²) in [5.41, 5.74) is 11.0. The minimum atomic E-state index is 1.22. The molecular formula is C47H32. The van der Waals surface area contributed by atoms with Crippen molar-refractivity contribution in [3.63, 3.8) is 0 Å². The van der Waals surface area contributed by atoms with Crippen molar-refractivity contribution in [1.82, 2.24) is 0 Å². The van der Waals surface area contributed by atoms with Crippen LogP contribution in [0.2, 0.25) is 0 Å². The molecule has 0 spiro atoms. The van der Waals surface area contributed by atoms with Crippen LogP contribution >= 0.6 is 0 Å². The van der Waals surface area contributed by atoms with Crippen LogP contribution in [0.25, 0.3) is 87.6 Å². The third kappa shape index (κ3) is 4.96. The fourth-order valence-corrected chi connectivity index (χ4v) is 7.26. The zero-order valence-corrected chi connectivity index (χ0v) is 26.2. The third-order valence-corrected chi connectivity index (χ3v) is 9.61. The molecule has 220 valence electrons. The van der Waals surface area contributed by atoms with E-state index in [1.165, 1.54) is 93.2 Å². The van der Waals surface area contributed by atoms with E-state index in [1.54, 1.807) is 0 Å². The van der Waals surface area contributed by atoms with Crippen molar-refractivity contribution >= 4 is 43.1 Å². The molecule has 0 saturated carbocycles. The van der Waals surface area contributed by atoms with Crippen LogP contribution < -0.4 is 0 Å². The van der Waals surface area contributed by atoms with Gasteiger partial charge in [0.25, 0.3) is 0 Å². The molecule has 0 aliphatic heterocycles. The van der Waals surface area contributed by atoms with Gasteiger partial charge in [-0.3, -0.25) is 0 Å². The van der Waals surface area contributed by atoms with E-state index in [0.29, 0.717) is 0 Å². The van der Waals surface area contributed by atoms with Crippen LogP contribution in [-0.4, -0.2) is 0 Å². The summed E-state index contributed by atoms with van der Waals surface area (Å²) < 4.78 is 0. The zero-order valence-electron chi connectivity index (χ0n) is 26.2. The number of rotatable bonds is 4. The van der Waals surface area contributed by atoms with E-state index in [0.717, 1.165) is 0 Å². The van der Waals surface area contributed by atoms with Gasteiger partial charge in [-0.05, 0) is 136 Å². The molecule has 9 aromatic rings. The van der Waals surface area contributed by atoms with Gasteiger partial charge in [0.05, 0.1) is 0 Å². The molecule has 9 aromatic carbocycles. The van der Waals surface area contributed by atoms with Crippen LogP contribution in [0.5, 0.6) is 0 Å². The van der Waals surface area contributed by atoms with Gasteiger partial charge in [-0.2, -0.15) is 0 Å².